The Labute approximate surface area is 177 Å². The van der Waals surface area contributed by atoms with E-state index in [1.54, 1.807) is 18.2 Å². The number of methoxy groups -OCH3 is 2. The summed E-state index contributed by atoms with van der Waals surface area (Å²) in [7, 11) is 3.05. The molecule has 0 saturated carbocycles. The second-order valence-corrected chi connectivity index (χ2v) is 6.51. The summed E-state index contributed by atoms with van der Waals surface area (Å²) < 4.78 is 10.4. The van der Waals surface area contributed by atoms with E-state index in [-0.39, 0.29) is 5.57 Å². The number of ether oxygens (including phenoxy) is 2. The van der Waals surface area contributed by atoms with Crippen LogP contribution in [-0.2, 0) is 4.79 Å². The summed E-state index contributed by atoms with van der Waals surface area (Å²) in [4.78, 5) is 14.8. The number of rotatable bonds is 9. The molecule has 2 rings (SSSR count). The van der Waals surface area contributed by atoms with Gasteiger partial charge in [-0.15, -0.1) is 0 Å². The number of carbonyl (C=O) groups is 1. The molecule has 1 amide bonds. The van der Waals surface area contributed by atoms with Gasteiger partial charge in [0.15, 0.2) is 11.5 Å². The number of benzene rings is 2. The lowest BCUT2D eigenvalue weighted by atomic mass is 10.1. The molecule has 0 heterocycles. The second kappa shape index (κ2) is 10.8. The first-order valence-electron chi connectivity index (χ1n) is 9.73. The molecule has 7 heteroatoms. The molecule has 0 fully saturated rings. The van der Waals surface area contributed by atoms with Crippen molar-refractivity contribution in [2.75, 3.05) is 42.8 Å². The molecule has 158 valence electrons. The standard InChI is InChI=1S/C23H28N4O3/c1-6-27(7-2)19-9-10-20(16(3)12-19)25-15-17(14-24)23(28)26-18-8-11-21(29-4)22(13-18)30-5/h8-13,15,25H,6-7H2,1-5H3,(H,26,28)/b17-15-. The molecular weight excluding hydrogens is 380 g/mol. The van der Waals surface area contributed by atoms with Gasteiger partial charge in [-0.1, -0.05) is 0 Å². The van der Waals surface area contributed by atoms with E-state index in [0.29, 0.717) is 17.2 Å². The largest absolute Gasteiger partial charge is 0.493 e. The van der Waals surface area contributed by atoms with E-state index in [9.17, 15) is 10.1 Å². The number of nitrogens with one attached hydrogen (secondary N) is 2. The van der Waals surface area contributed by atoms with E-state index in [4.69, 9.17) is 9.47 Å². The molecule has 7 nitrogen and oxygen atoms in total. The van der Waals surface area contributed by atoms with Gasteiger partial charge in [0.25, 0.3) is 5.91 Å². The van der Waals surface area contributed by atoms with E-state index in [0.717, 1.165) is 30.0 Å². The average molecular weight is 409 g/mol. The van der Waals surface area contributed by atoms with Crippen molar-refractivity contribution in [2.24, 2.45) is 0 Å². The highest BCUT2D eigenvalue weighted by molar-refractivity contribution is 6.06. The quantitative estimate of drug-likeness (QED) is 0.475. The van der Waals surface area contributed by atoms with Gasteiger partial charge < -0.3 is 25.0 Å². The van der Waals surface area contributed by atoms with Crippen LogP contribution in [0.25, 0.3) is 0 Å². The van der Waals surface area contributed by atoms with Gasteiger partial charge >= 0.3 is 0 Å². The summed E-state index contributed by atoms with van der Waals surface area (Å²) in [6, 6.07) is 13.0. The number of aryl methyl sites for hydroxylation is 1. The summed E-state index contributed by atoms with van der Waals surface area (Å²) in [5.74, 6) is 0.520. The summed E-state index contributed by atoms with van der Waals surface area (Å²) in [6.45, 7) is 8.07. The first kappa shape index (κ1) is 22.6. The molecule has 0 atom stereocenters. The van der Waals surface area contributed by atoms with Crippen molar-refractivity contribution >= 4 is 23.0 Å². The van der Waals surface area contributed by atoms with Gasteiger partial charge in [0.1, 0.15) is 11.6 Å². The normalized spacial score (nSPS) is 10.7. The van der Waals surface area contributed by atoms with Crippen LogP contribution in [0.4, 0.5) is 17.1 Å². The van der Waals surface area contributed by atoms with E-state index >= 15 is 0 Å². The van der Waals surface area contributed by atoms with Crippen LogP contribution in [-0.4, -0.2) is 33.2 Å². The first-order chi connectivity index (χ1) is 14.5. The third kappa shape index (κ3) is 5.45. The first-order valence-corrected chi connectivity index (χ1v) is 9.73. The van der Waals surface area contributed by atoms with Crippen molar-refractivity contribution < 1.29 is 14.3 Å². The zero-order chi connectivity index (χ0) is 22.1. The molecule has 2 N–H and O–H groups in total. The maximum absolute atomic E-state index is 12.5. The van der Waals surface area contributed by atoms with Crippen LogP contribution in [0.3, 0.4) is 0 Å². The Morgan fingerprint density at radius 2 is 1.80 bits per heavy atom. The Morgan fingerprint density at radius 1 is 1.10 bits per heavy atom. The number of hydrogen-bond acceptors (Lipinski definition) is 6. The van der Waals surface area contributed by atoms with Crippen LogP contribution in [0.5, 0.6) is 11.5 Å². The molecular formula is C23H28N4O3. The topological polar surface area (TPSA) is 86.6 Å². The fraction of sp³-hybridized carbons (Fsp3) is 0.304. The lowest BCUT2D eigenvalue weighted by Gasteiger charge is -2.22. The highest BCUT2D eigenvalue weighted by Gasteiger charge is 2.12. The third-order valence-corrected chi connectivity index (χ3v) is 4.72. The average Bonchev–Trinajstić information content (AvgIpc) is 2.76. The van der Waals surface area contributed by atoms with E-state index in [2.05, 4.69) is 35.4 Å². The summed E-state index contributed by atoms with van der Waals surface area (Å²) in [6.07, 6.45) is 1.41. The minimum atomic E-state index is -0.519. The molecule has 30 heavy (non-hydrogen) atoms. The summed E-state index contributed by atoms with van der Waals surface area (Å²) in [5, 5.41) is 15.2. The van der Waals surface area contributed by atoms with Crippen molar-refractivity contribution in [3.05, 3.63) is 53.7 Å². The number of hydrogen-bond donors (Lipinski definition) is 2. The molecule has 0 aromatic heterocycles. The molecule has 0 unspecified atom stereocenters. The van der Waals surface area contributed by atoms with Crippen molar-refractivity contribution in [3.63, 3.8) is 0 Å². The van der Waals surface area contributed by atoms with Gasteiger partial charge in [0.2, 0.25) is 0 Å². The smallest absolute Gasteiger partial charge is 0.267 e. The fourth-order valence-corrected chi connectivity index (χ4v) is 3.01. The lowest BCUT2D eigenvalue weighted by Crippen LogP contribution is -2.21. The van der Waals surface area contributed by atoms with Crippen molar-refractivity contribution in [1.29, 1.82) is 5.26 Å². The van der Waals surface area contributed by atoms with Crippen molar-refractivity contribution in [2.45, 2.75) is 20.8 Å². The predicted molar refractivity (Wildman–Crippen MR) is 120 cm³/mol. The van der Waals surface area contributed by atoms with Gasteiger partial charge in [0, 0.05) is 42.4 Å². The summed E-state index contributed by atoms with van der Waals surface area (Å²) in [5.41, 5.74) is 3.44. The van der Waals surface area contributed by atoms with Gasteiger partial charge in [0.05, 0.1) is 14.2 Å². The minimum absolute atomic E-state index is 0.0444. The lowest BCUT2D eigenvalue weighted by molar-refractivity contribution is -0.112. The molecule has 2 aromatic carbocycles. The molecule has 0 aliphatic carbocycles. The number of amides is 1. The Bertz CT molecular complexity index is 959. The van der Waals surface area contributed by atoms with Crippen LogP contribution in [0.1, 0.15) is 19.4 Å². The molecule has 0 radical (unpaired) electrons. The molecule has 2 aromatic rings. The summed E-state index contributed by atoms with van der Waals surface area (Å²) >= 11 is 0. The third-order valence-electron chi connectivity index (χ3n) is 4.72. The fourth-order valence-electron chi connectivity index (χ4n) is 3.01. The van der Waals surface area contributed by atoms with Crippen LogP contribution in [0.15, 0.2) is 48.2 Å². The maximum Gasteiger partial charge on any atom is 0.267 e. The molecule has 0 aliphatic rings. The Balaban J connectivity index is 2.14. The molecule has 0 bridgehead atoms. The number of nitriles is 1. The Morgan fingerprint density at radius 3 is 2.37 bits per heavy atom. The van der Waals surface area contributed by atoms with E-state index < -0.39 is 5.91 Å². The van der Waals surface area contributed by atoms with Crippen LogP contribution >= 0.6 is 0 Å². The van der Waals surface area contributed by atoms with Gasteiger partial charge in [-0.25, -0.2) is 0 Å². The maximum atomic E-state index is 12.5. The monoisotopic (exact) mass is 408 g/mol. The number of anilines is 3. The predicted octanol–water partition coefficient (Wildman–Crippen LogP) is 4.32. The molecule has 0 spiro atoms. The zero-order valence-electron chi connectivity index (χ0n) is 18.1. The molecule has 0 aliphatic heterocycles. The van der Waals surface area contributed by atoms with Crippen LogP contribution in [0, 0.1) is 18.3 Å². The van der Waals surface area contributed by atoms with Gasteiger partial charge in [-0.05, 0) is 56.7 Å². The Kier molecular flexibility index (Phi) is 8.12. The Hall–Kier alpha value is -3.66. The van der Waals surface area contributed by atoms with Crippen LogP contribution < -0.4 is 25.0 Å². The van der Waals surface area contributed by atoms with Gasteiger partial charge in [-0.2, -0.15) is 5.26 Å². The van der Waals surface area contributed by atoms with Gasteiger partial charge in [-0.3, -0.25) is 4.79 Å². The highest BCUT2D eigenvalue weighted by atomic mass is 16.5. The van der Waals surface area contributed by atoms with Crippen molar-refractivity contribution in [1.82, 2.24) is 0 Å². The van der Waals surface area contributed by atoms with E-state index in [1.165, 1.54) is 20.4 Å². The number of carbonyl (C=O) groups excluding carboxylic acids is 1. The highest BCUT2D eigenvalue weighted by Crippen LogP contribution is 2.30. The zero-order valence-corrected chi connectivity index (χ0v) is 18.1. The van der Waals surface area contributed by atoms with E-state index in [1.807, 2.05) is 25.1 Å². The molecule has 0 saturated heterocycles. The second-order valence-electron chi connectivity index (χ2n) is 6.51. The van der Waals surface area contributed by atoms with Crippen molar-refractivity contribution in [3.8, 4) is 17.6 Å². The number of nitrogens with zero attached hydrogens (tertiary/aromatic N) is 2. The minimum Gasteiger partial charge on any atom is -0.493 e. The SMILES string of the molecule is CCN(CC)c1ccc(N/C=C(/C#N)C(=O)Nc2ccc(OC)c(OC)c2)c(C)c1. The van der Waals surface area contributed by atoms with Crippen LogP contribution in [0.2, 0.25) is 0 Å².